The molecule has 6 heteroatoms. The Labute approximate surface area is 172 Å². The molecule has 1 heterocycles. The number of para-hydroxylation sites is 3. The van der Waals surface area contributed by atoms with Gasteiger partial charge < -0.3 is 11.1 Å². The van der Waals surface area contributed by atoms with Crippen molar-refractivity contribution in [2.45, 2.75) is 13.0 Å². The van der Waals surface area contributed by atoms with Gasteiger partial charge in [0.15, 0.2) is 5.78 Å². The highest BCUT2D eigenvalue weighted by molar-refractivity contribution is 7.16. The molecule has 0 radical (unpaired) electrons. The number of hydrogen-bond acceptors (Lipinski definition) is 5. The van der Waals surface area contributed by atoms with E-state index < -0.39 is 0 Å². The molecule has 1 aromatic heterocycles. The highest BCUT2D eigenvalue weighted by Crippen LogP contribution is 2.20. The van der Waals surface area contributed by atoms with Crippen LogP contribution >= 0.6 is 11.3 Å². The first kappa shape index (κ1) is 19.0. The topological polar surface area (TPSA) is 77.1 Å². The van der Waals surface area contributed by atoms with Crippen LogP contribution in [0.3, 0.4) is 0 Å². The van der Waals surface area contributed by atoms with Crippen LogP contribution in [0.2, 0.25) is 0 Å². The van der Waals surface area contributed by atoms with Crippen molar-refractivity contribution in [1.82, 2.24) is 4.57 Å². The van der Waals surface area contributed by atoms with Crippen molar-refractivity contribution in [3.8, 4) is 0 Å². The molecular weight excluding hydrogens is 382 g/mol. The number of nitrogens with zero attached hydrogens (tertiary/aromatic N) is 1. The number of ketones is 1. The molecule has 0 saturated carbocycles. The van der Waals surface area contributed by atoms with Crippen LogP contribution in [0, 0.1) is 0 Å². The van der Waals surface area contributed by atoms with Gasteiger partial charge in [-0.1, -0.05) is 59.9 Å². The molecule has 2 aromatic carbocycles. The molecular formula is C23H21N3O2S. The lowest BCUT2D eigenvalue weighted by molar-refractivity contribution is -0.113. The summed E-state index contributed by atoms with van der Waals surface area (Å²) in [4.78, 5) is 25.0. The summed E-state index contributed by atoms with van der Waals surface area (Å²) in [6, 6.07) is 15.2. The summed E-state index contributed by atoms with van der Waals surface area (Å²) >= 11 is 1.25. The van der Waals surface area contributed by atoms with Crippen LogP contribution < -0.4 is 15.9 Å². The lowest BCUT2D eigenvalue weighted by Crippen LogP contribution is -2.16. The second-order valence-corrected chi connectivity index (χ2v) is 7.79. The standard InChI is InChI=1S/C23H21N3O2S/c24-18-8-1-2-9-19(18)25-14-21(27)17-7-5-6-16(12-13-17)15-26-20-10-3-4-11-22(20)29-23(26)28/h1-4,6-13,25H,5,14-15,24H2. The SMILES string of the molecule is Nc1ccccc1NCC(=O)C1=CCC=C(Cn2c(=O)sc3ccccc32)C=C1. The number of benzene rings is 2. The van der Waals surface area contributed by atoms with Crippen molar-refractivity contribution in [3.05, 3.63) is 93.6 Å². The number of rotatable bonds is 6. The van der Waals surface area contributed by atoms with Crippen molar-refractivity contribution >= 4 is 38.7 Å². The van der Waals surface area contributed by atoms with E-state index in [4.69, 9.17) is 5.73 Å². The zero-order chi connectivity index (χ0) is 20.2. The van der Waals surface area contributed by atoms with Crippen LogP contribution in [0.4, 0.5) is 11.4 Å². The highest BCUT2D eigenvalue weighted by atomic mass is 32.1. The smallest absolute Gasteiger partial charge is 0.308 e. The van der Waals surface area contributed by atoms with Crippen LogP contribution in [0.5, 0.6) is 0 Å². The van der Waals surface area contributed by atoms with Crippen molar-refractivity contribution in [3.63, 3.8) is 0 Å². The van der Waals surface area contributed by atoms with Crippen molar-refractivity contribution in [2.24, 2.45) is 0 Å². The van der Waals surface area contributed by atoms with E-state index in [0.29, 0.717) is 24.2 Å². The van der Waals surface area contributed by atoms with Crippen LogP contribution in [-0.4, -0.2) is 16.9 Å². The minimum atomic E-state index is -0.00250. The normalized spacial score (nSPS) is 13.7. The first-order valence-corrected chi connectivity index (χ1v) is 10.2. The Hall–Kier alpha value is -3.38. The Bertz CT molecular complexity index is 1210. The van der Waals surface area contributed by atoms with Gasteiger partial charge in [0, 0.05) is 5.57 Å². The first-order chi connectivity index (χ1) is 14.1. The Morgan fingerprint density at radius 1 is 1.07 bits per heavy atom. The fraction of sp³-hybridized carbons (Fsp3) is 0.130. The number of hydrogen-bond donors (Lipinski definition) is 2. The molecule has 1 aliphatic rings. The number of nitrogens with two attached hydrogens (primary N) is 1. The van der Waals surface area contributed by atoms with E-state index in [0.717, 1.165) is 21.5 Å². The zero-order valence-electron chi connectivity index (χ0n) is 15.8. The maximum atomic E-state index is 12.6. The minimum absolute atomic E-state index is 0.00250. The lowest BCUT2D eigenvalue weighted by atomic mass is 10.1. The number of carbonyl (C=O) groups excluding carboxylic acids is 1. The number of thiazole rings is 1. The molecule has 0 amide bonds. The molecule has 0 saturated heterocycles. The van der Waals surface area contributed by atoms with E-state index >= 15 is 0 Å². The monoisotopic (exact) mass is 403 g/mol. The van der Waals surface area contributed by atoms with E-state index in [1.807, 2.05) is 60.7 Å². The van der Waals surface area contributed by atoms with Gasteiger partial charge in [0.05, 0.1) is 34.7 Å². The quantitative estimate of drug-likeness (QED) is 0.607. The molecule has 0 aliphatic heterocycles. The molecule has 5 nitrogen and oxygen atoms in total. The van der Waals surface area contributed by atoms with E-state index in [2.05, 4.69) is 11.4 Å². The molecule has 1 aliphatic carbocycles. The maximum absolute atomic E-state index is 12.6. The van der Waals surface area contributed by atoms with Gasteiger partial charge in [-0.25, -0.2) is 0 Å². The maximum Gasteiger partial charge on any atom is 0.308 e. The summed E-state index contributed by atoms with van der Waals surface area (Å²) in [6.45, 7) is 0.668. The van der Waals surface area contributed by atoms with Gasteiger partial charge in [-0.2, -0.15) is 0 Å². The summed E-state index contributed by atoms with van der Waals surface area (Å²) in [7, 11) is 0. The Morgan fingerprint density at radius 2 is 1.86 bits per heavy atom. The number of carbonyl (C=O) groups is 1. The Morgan fingerprint density at radius 3 is 2.72 bits per heavy atom. The van der Waals surface area contributed by atoms with Gasteiger partial charge in [0.25, 0.3) is 0 Å². The molecule has 0 fully saturated rings. The molecule has 0 spiro atoms. The minimum Gasteiger partial charge on any atom is -0.397 e. The van der Waals surface area contributed by atoms with E-state index in [1.54, 1.807) is 10.6 Å². The van der Waals surface area contributed by atoms with Crippen molar-refractivity contribution < 1.29 is 4.79 Å². The molecule has 0 bridgehead atoms. The number of allylic oxidation sites excluding steroid dienone is 5. The van der Waals surface area contributed by atoms with Gasteiger partial charge in [0.2, 0.25) is 0 Å². The van der Waals surface area contributed by atoms with Gasteiger partial charge in [-0.05, 0) is 36.3 Å². The third-order valence-corrected chi connectivity index (χ3v) is 5.79. The lowest BCUT2D eigenvalue weighted by Gasteiger charge is -2.08. The number of Topliss-reactive ketones (excluding diaryl/α,β-unsaturated/α-hetero) is 1. The average Bonchev–Trinajstić information content (AvgIpc) is 2.89. The van der Waals surface area contributed by atoms with Gasteiger partial charge in [-0.3, -0.25) is 14.2 Å². The predicted octanol–water partition coefficient (Wildman–Crippen LogP) is 4.14. The van der Waals surface area contributed by atoms with Crippen LogP contribution in [-0.2, 0) is 11.3 Å². The average molecular weight is 404 g/mol. The Kier molecular flexibility index (Phi) is 5.44. The number of anilines is 2. The number of nitrogen functional groups attached to an aromatic ring is 1. The number of aromatic nitrogens is 1. The van der Waals surface area contributed by atoms with Crippen molar-refractivity contribution in [1.29, 1.82) is 0 Å². The zero-order valence-corrected chi connectivity index (χ0v) is 16.6. The second kappa shape index (κ2) is 8.32. The third-order valence-electron chi connectivity index (χ3n) is 4.83. The molecule has 146 valence electrons. The Balaban J connectivity index is 1.44. The molecule has 3 N–H and O–H groups in total. The molecule has 0 unspecified atom stereocenters. The molecule has 29 heavy (non-hydrogen) atoms. The summed E-state index contributed by atoms with van der Waals surface area (Å²) in [5.41, 5.74) is 9.87. The molecule has 4 rings (SSSR count). The fourth-order valence-corrected chi connectivity index (χ4v) is 4.17. The third kappa shape index (κ3) is 4.22. The summed E-state index contributed by atoms with van der Waals surface area (Å²) in [5.74, 6) is -0.00250. The fourth-order valence-electron chi connectivity index (χ4n) is 3.28. The van der Waals surface area contributed by atoms with Gasteiger partial charge in [0.1, 0.15) is 0 Å². The van der Waals surface area contributed by atoms with Crippen LogP contribution in [0.25, 0.3) is 10.2 Å². The predicted molar refractivity (Wildman–Crippen MR) is 120 cm³/mol. The van der Waals surface area contributed by atoms with Crippen molar-refractivity contribution in [2.75, 3.05) is 17.6 Å². The second-order valence-electron chi connectivity index (χ2n) is 6.79. The summed E-state index contributed by atoms with van der Waals surface area (Å²) < 4.78 is 2.76. The molecule has 3 aromatic rings. The highest BCUT2D eigenvalue weighted by Gasteiger charge is 2.11. The van der Waals surface area contributed by atoms with E-state index in [-0.39, 0.29) is 17.2 Å². The van der Waals surface area contributed by atoms with Gasteiger partial charge in [-0.15, -0.1) is 0 Å². The van der Waals surface area contributed by atoms with Crippen LogP contribution in [0.15, 0.2) is 88.8 Å². The van der Waals surface area contributed by atoms with Gasteiger partial charge >= 0.3 is 4.87 Å². The van der Waals surface area contributed by atoms with E-state index in [1.165, 1.54) is 11.3 Å². The molecule has 0 atom stereocenters. The summed E-state index contributed by atoms with van der Waals surface area (Å²) in [6.07, 6.45) is 8.37. The first-order valence-electron chi connectivity index (χ1n) is 9.39. The number of fused-ring (bicyclic) bond motifs is 1. The van der Waals surface area contributed by atoms with Crippen LogP contribution in [0.1, 0.15) is 6.42 Å². The number of nitrogens with one attached hydrogen (secondary N) is 1. The largest absolute Gasteiger partial charge is 0.397 e. The summed E-state index contributed by atoms with van der Waals surface area (Å²) in [5, 5.41) is 3.10. The van der Waals surface area contributed by atoms with E-state index in [9.17, 15) is 9.59 Å².